The number of rotatable bonds is 6. The van der Waals surface area contributed by atoms with E-state index in [0.29, 0.717) is 24.3 Å². The maximum atomic E-state index is 12.4. The second-order valence-corrected chi connectivity index (χ2v) is 6.36. The Labute approximate surface area is 153 Å². The molecule has 0 bridgehead atoms. The van der Waals surface area contributed by atoms with Crippen LogP contribution < -0.4 is 14.8 Å². The predicted molar refractivity (Wildman–Crippen MR) is 94.0 cm³/mol. The molecule has 1 aliphatic rings. The number of amides is 1. The average Bonchev–Trinajstić information content (AvgIpc) is 2.67. The fourth-order valence-electron chi connectivity index (χ4n) is 3.00. The molecule has 7 heteroatoms. The van der Waals surface area contributed by atoms with Crippen LogP contribution in [0.1, 0.15) is 49.4 Å². The number of nitrogens with zero attached hydrogens (tertiary/aromatic N) is 1. The van der Waals surface area contributed by atoms with Crippen molar-refractivity contribution in [1.29, 1.82) is 5.26 Å². The summed E-state index contributed by atoms with van der Waals surface area (Å²) < 4.78 is 15.5. The Morgan fingerprint density at radius 2 is 1.88 bits per heavy atom. The van der Waals surface area contributed by atoms with Gasteiger partial charge in [-0.25, -0.2) is 4.79 Å². The number of nitrogens with one attached hydrogen (secondary N) is 1. The van der Waals surface area contributed by atoms with Crippen LogP contribution in [0.5, 0.6) is 11.5 Å². The molecule has 1 N–H and O–H groups in total. The highest BCUT2D eigenvalue weighted by Crippen LogP contribution is 2.28. The third kappa shape index (κ3) is 4.45. The number of carbonyl (C=O) groups is 2. The molecule has 1 saturated carbocycles. The number of carbonyl (C=O) groups excluding carboxylic acids is 2. The molecule has 140 valence electrons. The van der Waals surface area contributed by atoms with Crippen molar-refractivity contribution >= 4 is 11.9 Å². The molecule has 0 aromatic heterocycles. The van der Waals surface area contributed by atoms with E-state index in [1.54, 1.807) is 12.1 Å². The van der Waals surface area contributed by atoms with Gasteiger partial charge in [-0.05, 0) is 31.9 Å². The molecule has 0 aliphatic heterocycles. The van der Waals surface area contributed by atoms with Crippen molar-refractivity contribution in [2.75, 3.05) is 14.2 Å². The predicted octanol–water partition coefficient (Wildman–Crippen LogP) is 2.59. The zero-order valence-corrected chi connectivity index (χ0v) is 15.3. The van der Waals surface area contributed by atoms with Gasteiger partial charge in [-0.1, -0.05) is 19.3 Å². The Kier molecular flexibility index (Phi) is 6.45. The van der Waals surface area contributed by atoms with Crippen molar-refractivity contribution < 1.29 is 23.8 Å². The van der Waals surface area contributed by atoms with Crippen LogP contribution in [0.4, 0.5) is 0 Å². The van der Waals surface area contributed by atoms with Gasteiger partial charge in [-0.2, -0.15) is 5.26 Å². The third-order valence-corrected chi connectivity index (χ3v) is 4.57. The molecule has 26 heavy (non-hydrogen) atoms. The van der Waals surface area contributed by atoms with Crippen molar-refractivity contribution in [2.24, 2.45) is 0 Å². The van der Waals surface area contributed by atoms with E-state index < -0.39 is 23.5 Å². The zero-order chi connectivity index (χ0) is 19.2. The molecule has 0 radical (unpaired) electrons. The minimum atomic E-state index is -1.03. The van der Waals surface area contributed by atoms with E-state index in [-0.39, 0.29) is 5.56 Å². The highest BCUT2D eigenvalue weighted by Gasteiger charge is 2.35. The fourth-order valence-corrected chi connectivity index (χ4v) is 3.00. The van der Waals surface area contributed by atoms with E-state index in [2.05, 4.69) is 11.4 Å². The van der Waals surface area contributed by atoms with Gasteiger partial charge in [-0.15, -0.1) is 0 Å². The summed E-state index contributed by atoms with van der Waals surface area (Å²) in [5.74, 6) is -0.323. The maximum absolute atomic E-state index is 12.4. The fraction of sp³-hybridized carbons (Fsp3) is 0.526. The summed E-state index contributed by atoms with van der Waals surface area (Å²) in [4.78, 5) is 24.8. The van der Waals surface area contributed by atoms with Gasteiger partial charge < -0.3 is 19.5 Å². The van der Waals surface area contributed by atoms with E-state index >= 15 is 0 Å². The van der Waals surface area contributed by atoms with Crippen molar-refractivity contribution in [3.05, 3.63) is 23.8 Å². The summed E-state index contributed by atoms with van der Waals surface area (Å²) in [6.45, 7) is 1.48. The first-order valence-corrected chi connectivity index (χ1v) is 8.61. The van der Waals surface area contributed by atoms with Gasteiger partial charge in [0.25, 0.3) is 5.91 Å². The SMILES string of the molecule is COc1ccc(C(=O)OC(C)C(=O)NC2(C#N)CCCCC2)c(OC)c1. The lowest BCUT2D eigenvalue weighted by Gasteiger charge is -2.32. The van der Waals surface area contributed by atoms with E-state index in [9.17, 15) is 14.9 Å². The van der Waals surface area contributed by atoms with Crippen LogP contribution in [-0.2, 0) is 9.53 Å². The highest BCUT2D eigenvalue weighted by atomic mass is 16.5. The third-order valence-electron chi connectivity index (χ3n) is 4.57. The molecular weight excluding hydrogens is 336 g/mol. The number of esters is 1. The number of methoxy groups -OCH3 is 2. The van der Waals surface area contributed by atoms with Crippen molar-refractivity contribution in [2.45, 2.75) is 50.7 Å². The summed E-state index contributed by atoms with van der Waals surface area (Å²) in [5, 5.41) is 12.2. The van der Waals surface area contributed by atoms with Gasteiger partial charge in [-0.3, -0.25) is 4.79 Å². The van der Waals surface area contributed by atoms with Crippen molar-refractivity contribution in [1.82, 2.24) is 5.32 Å². The van der Waals surface area contributed by atoms with Gasteiger partial charge in [0.15, 0.2) is 6.10 Å². The van der Waals surface area contributed by atoms with Crippen LogP contribution in [0, 0.1) is 11.3 Å². The first kappa shape index (κ1) is 19.6. The van der Waals surface area contributed by atoms with Crippen LogP contribution in [0.2, 0.25) is 0 Å². The van der Waals surface area contributed by atoms with Crippen LogP contribution in [0.25, 0.3) is 0 Å². The summed E-state index contributed by atoms with van der Waals surface area (Å²) in [6, 6.07) is 6.90. The molecule has 2 rings (SSSR count). The van der Waals surface area contributed by atoms with Crippen molar-refractivity contribution in [3.63, 3.8) is 0 Å². The normalized spacial score (nSPS) is 16.7. The molecule has 0 heterocycles. The summed E-state index contributed by atoms with van der Waals surface area (Å²) in [5.41, 5.74) is -0.672. The van der Waals surface area contributed by atoms with Gasteiger partial charge in [0, 0.05) is 6.07 Å². The summed E-state index contributed by atoms with van der Waals surface area (Å²) in [6.07, 6.45) is 3.04. The second kappa shape index (κ2) is 8.56. The molecule has 1 fully saturated rings. The maximum Gasteiger partial charge on any atom is 0.342 e. The number of ether oxygens (including phenoxy) is 3. The van der Waals surface area contributed by atoms with E-state index in [1.807, 2.05) is 0 Å². The van der Waals surface area contributed by atoms with Crippen molar-refractivity contribution in [3.8, 4) is 17.6 Å². The highest BCUT2D eigenvalue weighted by molar-refractivity contribution is 5.95. The van der Waals surface area contributed by atoms with Crippen LogP contribution >= 0.6 is 0 Å². The monoisotopic (exact) mass is 360 g/mol. The minimum absolute atomic E-state index is 0.195. The van der Waals surface area contributed by atoms with Gasteiger partial charge in [0.2, 0.25) is 0 Å². The first-order valence-electron chi connectivity index (χ1n) is 8.61. The summed E-state index contributed by atoms with van der Waals surface area (Å²) in [7, 11) is 2.94. The second-order valence-electron chi connectivity index (χ2n) is 6.36. The molecule has 1 atom stereocenters. The molecule has 1 aromatic rings. The van der Waals surface area contributed by atoms with Gasteiger partial charge >= 0.3 is 5.97 Å². The van der Waals surface area contributed by atoms with E-state index in [0.717, 1.165) is 19.3 Å². The molecule has 1 aromatic carbocycles. The Morgan fingerprint density at radius 1 is 1.19 bits per heavy atom. The Morgan fingerprint density at radius 3 is 2.46 bits per heavy atom. The van der Waals surface area contributed by atoms with Gasteiger partial charge in [0.1, 0.15) is 22.6 Å². The quantitative estimate of drug-likeness (QED) is 0.783. The topological polar surface area (TPSA) is 97.6 Å². The van der Waals surface area contributed by atoms with Gasteiger partial charge in [0.05, 0.1) is 20.3 Å². The molecule has 0 saturated heterocycles. The molecule has 0 spiro atoms. The zero-order valence-electron chi connectivity index (χ0n) is 15.3. The lowest BCUT2D eigenvalue weighted by molar-refractivity contribution is -0.130. The number of hydrogen-bond donors (Lipinski definition) is 1. The molecule has 1 unspecified atom stereocenters. The Balaban J connectivity index is 2.04. The van der Waals surface area contributed by atoms with E-state index in [1.165, 1.54) is 27.2 Å². The lowest BCUT2D eigenvalue weighted by Crippen LogP contribution is -2.52. The first-order chi connectivity index (χ1) is 12.4. The lowest BCUT2D eigenvalue weighted by atomic mass is 9.83. The minimum Gasteiger partial charge on any atom is -0.497 e. The van der Waals surface area contributed by atoms with Crippen LogP contribution in [-0.4, -0.2) is 37.7 Å². The standard InChI is InChI=1S/C19H24N2O5/c1-13(17(22)21-19(12-20)9-5-4-6-10-19)26-18(23)15-8-7-14(24-2)11-16(15)25-3/h7-8,11,13H,4-6,9-10H2,1-3H3,(H,21,22). The number of benzene rings is 1. The molecular formula is C19H24N2O5. The smallest absolute Gasteiger partial charge is 0.342 e. The molecule has 1 amide bonds. The average molecular weight is 360 g/mol. The largest absolute Gasteiger partial charge is 0.497 e. The Bertz CT molecular complexity index is 704. The van der Waals surface area contributed by atoms with Crippen LogP contribution in [0.15, 0.2) is 18.2 Å². The Hall–Kier alpha value is -2.75. The summed E-state index contributed by atoms with van der Waals surface area (Å²) >= 11 is 0. The molecule has 7 nitrogen and oxygen atoms in total. The van der Waals surface area contributed by atoms with Crippen LogP contribution in [0.3, 0.4) is 0 Å². The molecule has 1 aliphatic carbocycles. The number of hydrogen-bond acceptors (Lipinski definition) is 6. The van der Waals surface area contributed by atoms with E-state index in [4.69, 9.17) is 14.2 Å². The number of nitriles is 1.